The zero-order chi connectivity index (χ0) is 20.5. The summed E-state index contributed by atoms with van der Waals surface area (Å²) in [5, 5.41) is 8.41. The quantitative estimate of drug-likeness (QED) is 0.505. The molecule has 4 heterocycles. The van der Waals surface area contributed by atoms with Gasteiger partial charge in [0.1, 0.15) is 5.82 Å². The van der Waals surface area contributed by atoms with Gasteiger partial charge >= 0.3 is 5.69 Å². The van der Waals surface area contributed by atoms with Crippen molar-refractivity contribution in [1.82, 2.24) is 29.2 Å². The van der Waals surface area contributed by atoms with Crippen molar-refractivity contribution in [2.24, 2.45) is 0 Å². The van der Waals surface area contributed by atoms with Crippen LogP contribution in [0.15, 0.2) is 58.0 Å². The molecule has 154 valence electrons. The molecular weight excluding hydrogens is 387 g/mol. The molecule has 1 aliphatic heterocycles. The maximum absolute atomic E-state index is 13.5. The SMILES string of the molecule is O=c1n(CCN2CCCC(c3nc(-c4cccc(F)c4)no3)C2)nc2ccccn12. The first-order chi connectivity index (χ1) is 14.7. The lowest BCUT2D eigenvalue weighted by atomic mass is 9.98. The molecule has 0 bridgehead atoms. The maximum Gasteiger partial charge on any atom is 0.350 e. The minimum atomic E-state index is -0.329. The van der Waals surface area contributed by atoms with E-state index < -0.39 is 0 Å². The average molecular weight is 408 g/mol. The van der Waals surface area contributed by atoms with Crippen molar-refractivity contribution in [1.29, 1.82) is 0 Å². The Balaban J connectivity index is 1.26. The molecule has 0 N–H and O–H groups in total. The van der Waals surface area contributed by atoms with Gasteiger partial charge in [0.15, 0.2) is 5.65 Å². The van der Waals surface area contributed by atoms with Crippen LogP contribution < -0.4 is 5.69 Å². The van der Waals surface area contributed by atoms with Crippen molar-refractivity contribution in [3.05, 3.63) is 70.9 Å². The number of likely N-dealkylation sites (tertiary alicyclic amines) is 1. The molecule has 1 unspecified atom stereocenters. The average Bonchev–Trinajstić information content (AvgIpc) is 3.38. The Bertz CT molecular complexity index is 1230. The number of hydrogen-bond acceptors (Lipinski definition) is 6. The summed E-state index contributed by atoms with van der Waals surface area (Å²) < 4.78 is 22.0. The van der Waals surface area contributed by atoms with Crippen molar-refractivity contribution in [3.8, 4) is 11.4 Å². The molecule has 0 radical (unpaired) electrons. The van der Waals surface area contributed by atoms with E-state index in [1.54, 1.807) is 22.7 Å². The number of nitrogens with zero attached hydrogens (tertiary/aromatic N) is 6. The first kappa shape index (κ1) is 18.7. The van der Waals surface area contributed by atoms with Crippen LogP contribution in [-0.4, -0.2) is 48.9 Å². The Kier molecular flexibility index (Phi) is 4.88. The van der Waals surface area contributed by atoms with E-state index in [4.69, 9.17) is 4.52 Å². The summed E-state index contributed by atoms with van der Waals surface area (Å²) in [6, 6.07) is 11.7. The van der Waals surface area contributed by atoms with Crippen LogP contribution >= 0.6 is 0 Å². The number of pyridine rings is 1. The van der Waals surface area contributed by atoms with E-state index in [1.807, 2.05) is 18.2 Å². The van der Waals surface area contributed by atoms with Crippen LogP contribution in [-0.2, 0) is 6.54 Å². The standard InChI is InChI=1S/C21H21FN6O2/c22-17-7-3-5-15(13-17)19-23-20(30-25-19)16-6-4-9-26(14-16)11-12-28-21(29)27-10-2-1-8-18(27)24-28/h1-3,5,7-8,10,13,16H,4,6,9,11-12,14H2. The molecule has 1 atom stereocenters. The summed E-state index contributed by atoms with van der Waals surface area (Å²) in [4.78, 5) is 19.2. The topological polar surface area (TPSA) is 81.5 Å². The number of aromatic nitrogens is 5. The van der Waals surface area contributed by atoms with E-state index >= 15 is 0 Å². The summed E-state index contributed by atoms with van der Waals surface area (Å²) in [5.74, 6) is 0.762. The summed E-state index contributed by atoms with van der Waals surface area (Å²) in [5.41, 5.74) is 1.12. The second kappa shape index (κ2) is 7.83. The highest BCUT2D eigenvalue weighted by Gasteiger charge is 2.26. The predicted molar refractivity (Wildman–Crippen MR) is 108 cm³/mol. The molecule has 5 rings (SSSR count). The van der Waals surface area contributed by atoms with Crippen molar-refractivity contribution in [2.45, 2.75) is 25.3 Å². The van der Waals surface area contributed by atoms with Gasteiger partial charge in [-0.15, -0.1) is 5.10 Å². The lowest BCUT2D eigenvalue weighted by Crippen LogP contribution is -2.38. The van der Waals surface area contributed by atoms with Crippen LogP contribution in [0.3, 0.4) is 0 Å². The molecule has 30 heavy (non-hydrogen) atoms. The molecule has 0 aliphatic carbocycles. The third kappa shape index (κ3) is 3.63. The molecule has 0 spiro atoms. The fraction of sp³-hybridized carbons (Fsp3) is 0.333. The summed E-state index contributed by atoms with van der Waals surface area (Å²) in [7, 11) is 0. The first-order valence-electron chi connectivity index (χ1n) is 10.0. The smallest absolute Gasteiger partial charge is 0.339 e. The Morgan fingerprint density at radius 2 is 2.10 bits per heavy atom. The molecule has 1 aromatic carbocycles. The number of rotatable bonds is 5. The molecule has 1 fully saturated rings. The van der Waals surface area contributed by atoms with Gasteiger partial charge in [-0.25, -0.2) is 13.9 Å². The van der Waals surface area contributed by atoms with Gasteiger partial charge in [-0.05, 0) is 43.7 Å². The largest absolute Gasteiger partial charge is 0.350 e. The second-order valence-corrected chi connectivity index (χ2v) is 7.54. The molecule has 1 saturated heterocycles. The second-order valence-electron chi connectivity index (χ2n) is 7.54. The highest BCUT2D eigenvalue weighted by Crippen LogP contribution is 2.27. The molecule has 4 aromatic rings. The van der Waals surface area contributed by atoms with Crippen LogP contribution in [0.1, 0.15) is 24.7 Å². The predicted octanol–water partition coefficient (Wildman–Crippen LogP) is 2.56. The lowest BCUT2D eigenvalue weighted by Gasteiger charge is -2.30. The summed E-state index contributed by atoms with van der Waals surface area (Å²) in [6.07, 6.45) is 3.68. The van der Waals surface area contributed by atoms with E-state index in [1.165, 1.54) is 16.8 Å². The molecule has 9 heteroatoms. The molecule has 8 nitrogen and oxygen atoms in total. The summed E-state index contributed by atoms with van der Waals surface area (Å²) >= 11 is 0. The van der Waals surface area contributed by atoms with Gasteiger partial charge in [0.25, 0.3) is 0 Å². The number of halogens is 1. The fourth-order valence-corrected chi connectivity index (χ4v) is 3.96. The van der Waals surface area contributed by atoms with Gasteiger partial charge in [-0.1, -0.05) is 23.4 Å². The van der Waals surface area contributed by atoms with Gasteiger partial charge in [0, 0.05) is 24.8 Å². The minimum Gasteiger partial charge on any atom is -0.339 e. The van der Waals surface area contributed by atoms with Crippen molar-refractivity contribution >= 4 is 5.65 Å². The normalized spacial score (nSPS) is 17.6. The highest BCUT2D eigenvalue weighted by molar-refractivity contribution is 5.53. The van der Waals surface area contributed by atoms with Crippen molar-refractivity contribution < 1.29 is 8.91 Å². The molecule has 0 amide bonds. The van der Waals surface area contributed by atoms with E-state index in [0.717, 1.165) is 25.9 Å². The van der Waals surface area contributed by atoms with E-state index in [-0.39, 0.29) is 17.4 Å². The maximum atomic E-state index is 13.5. The number of benzene rings is 1. The number of piperidine rings is 1. The van der Waals surface area contributed by atoms with Gasteiger partial charge in [0.2, 0.25) is 11.7 Å². The Morgan fingerprint density at radius 3 is 2.97 bits per heavy atom. The molecule has 3 aromatic heterocycles. The van der Waals surface area contributed by atoms with Gasteiger partial charge in [-0.2, -0.15) is 4.98 Å². The van der Waals surface area contributed by atoms with Crippen LogP contribution in [0.5, 0.6) is 0 Å². The van der Waals surface area contributed by atoms with Crippen LogP contribution in [0.4, 0.5) is 4.39 Å². The van der Waals surface area contributed by atoms with Crippen LogP contribution in [0, 0.1) is 5.82 Å². The van der Waals surface area contributed by atoms with Crippen molar-refractivity contribution in [2.75, 3.05) is 19.6 Å². The monoisotopic (exact) mass is 408 g/mol. The van der Waals surface area contributed by atoms with Gasteiger partial charge in [-0.3, -0.25) is 4.40 Å². The van der Waals surface area contributed by atoms with E-state index in [0.29, 0.717) is 36.0 Å². The van der Waals surface area contributed by atoms with Crippen LogP contribution in [0.2, 0.25) is 0 Å². The highest BCUT2D eigenvalue weighted by atomic mass is 19.1. The Morgan fingerprint density at radius 1 is 1.17 bits per heavy atom. The van der Waals surface area contributed by atoms with Gasteiger partial charge in [0.05, 0.1) is 12.5 Å². The molecule has 0 saturated carbocycles. The third-order valence-electron chi connectivity index (χ3n) is 5.50. The third-order valence-corrected chi connectivity index (χ3v) is 5.50. The zero-order valence-electron chi connectivity index (χ0n) is 16.3. The zero-order valence-corrected chi connectivity index (χ0v) is 16.3. The van der Waals surface area contributed by atoms with Gasteiger partial charge < -0.3 is 9.42 Å². The minimum absolute atomic E-state index is 0.117. The van der Waals surface area contributed by atoms with Crippen molar-refractivity contribution in [3.63, 3.8) is 0 Å². The van der Waals surface area contributed by atoms with Crippen LogP contribution in [0.25, 0.3) is 17.0 Å². The first-order valence-corrected chi connectivity index (χ1v) is 10.0. The summed E-state index contributed by atoms with van der Waals surface area (Å²) in [6.45, 7) is 2.95. The lowest BCUT2D eigenvalue weighted by molar-refractivity contribution is 0.179. The Labute approximate surface area is 171 Å². The Hall–Kier alpha value is -3.33. The fourth-order valence-electron chi connectivity index (χ4n) is 3.96. The molecular formula is C21H21FN6O2. The number of hydrogen-bond donors (Lipinski definition) is 0. The molecule has 1 aliphatic rings. The van der Waals surface area contributed by atoms with E-state index in [2.05, 4.69) is 20.1 Å². The number of fused-ring (bicyclic) bond motifs is 1. The van der Waals surface area contributed by atoms with E-state index in [9.17, 15) is 9.18 Å².